The topological polar surface area (TPSA) is 17.8 Å². The fourth-order valence-electron chi connectivity index (χ4n) is 7.24. The molecular weight excluding hydrogens is 569 g/mol. The van der Waals surface area contributed by atoms with E-state index in [2.05, 4.69) is 108 Å². The molecule has 2 nitrogen and oxygen atoms in total. The van der Waals surface area contributed by atoms with Crippen molar-refractivity contribution in [3.05, 3.63) is 170 Å². The third kappa shape index (κ3) is 4.37. The zero-order valence-electron chi connectivity index (χ0n) is 30.5. The Morgan fingerprint density at radius 2 is 1.13 bits per heavy atom. The second-order valence-electron chi connectivity index (χ2n) is 11.9. The molecule has 0 aliphatic carbocycles. The van der Waals surface area contributed by atoms with Crippen LogP contribution >= 0.6 is 0 Å². The summed E-state index contributed by atoms with van der Waals surface area (Å²) in [5.41, 5.74) is 8.55. The Hall–Kier alpha value is -5.99. The molecule has 1 aromatic heterocycles. The molecule has 0 aliphatic heterocycles. The van der Waals surface area contributed by atoms with Crippen LogP contribution in [0.25, 0.3) is 82.4 Å². The maximum atomic E-state index is 8.80. The van der Waals surface area contributed by atoms with Crippen LogP contribution in [0.5, 0.6) is 0 Å². The van der Waals surface area contributed by atoms with Gasteiger partial charge in [-0.15, -0.1) is 0 Å². The predicted octanol–water partition coefficient (Wildman–Crippen LogP) is 12.0. The van der Waals surface area contributed by atoms with Gasteiger partial charge in [0, 0.05) is 18.6 Å². The molecule has 0 atom stereocenters. The summed E-state index contributed by atoms with van der Waals surface area (Å²) in [5.74, 6) is -0.150. The standard InChI is InChI=1S/C45H32N2/c1-2-43-46-40-23-13-14-24-42(40)47(43)41-28-27-37(33-19-9-10-20-34(33)41)45-36-22-12-11-21-35(36)44(31-17-7-4-8-18-31)39-29-32(25-26-38(39)45)30-15-5-3-6-16-30/h3-29H,2H2,1H3/i1D3,2D2. The lowest BCUT2D eigenvalue weighted by Crippen LogP contribution is -2.01. The first-order valence-corrected chi connectivity index (χ1v) is 15.8. The number of hydrogen-bond donors (Lipinski definition) is 0. The molecule has 0 aliphatic rings. The lowest BCUT2D eigenvalue weighted by molar-refractivity contribution is 0.913. The summed E-state index contributed by atoms with van der Waals surface area (Å²) in [5, 5.41) is 6.33. The van der Waals surface area contributed by atoms with E-state index >= 15 is 0 Å². The minimum Gasteiger partial charge on any atom is -0.296 e. The van der Waals surface area contributed by atoms with Gasteiger partial charge in [0.05, 0.1) is 16.7 Å². The van der Waals surface area contributed by atoms with Crippen molar-refractivity contribution in [2.45, 2.75) is 13.2 Å². The molecule has 0 N–H and O–H groups in total. The van der Waals surface area contributed by atoms with Gasteiger partial charge in [-0.3, -0.25) is 4.57 Å². The van der Waals surface area contributed by atoms with E-state index in [-0.39, 0.29) is 5.82 Å². The molecule has 47 heavy (non-hydrogen) atoms. The van der Waals surface area contributed by atoms with Gasteiger partial charge >= 0.3 is 0 Å². The van der Waals surface area contributed by atoms with Gasteiger partial charge in [0.25, 0.3) is 0 Å². The van der Waals surface area contributed by atoms with Crippen molar-refractivity contribution in [1.29, 1.82) is 0 Å². The highest BCUT2D eigenvalue weighted by atomic mass is 15.1. The van der Waals surface area contributed by atoms with Crippen LogP contribution in [0.15, 0.2) is 164 Å². The Bertz CT molecular complexity index is 2800. The van der Waals surface area contributed by atoms with E-state index in [9.17, 15) is 0 Å². The van der Waals surface area contributed by atoms with Crippen molar-refractivity contribution in [1.82, 2.24) is 9.55 Å². The number of rotatable bonds is 5. The number of hydrogen-bond acceptors (Lipinski definition) is 1. The zero-order chi connectivity index (χ0) is 35.6. The number of benzene rings is 8. The molecule has 0 bridgehead atoms. The van der Waals surface area contributed by atoms with Gasteiger partial charge in [-0.2, -0.15) is 0 Å². The summed E-state index contributed by atoms with van der Waals surface area (Å²) in [7, 11) is 0. The van der Waals surface area contributed by atoms with Crippen molar-refractivity contribution in [2.75, 3.05) is 0 Å². The number of imidazole rings is 1. The molecule has 0 saturated carbocycles. The van der Waals surface area contributed by atoms with E-state index < -0.39 is 13.2 Å². The van der Waals surface area contributed by atoms with Crippen LogP contribution in [-0.2, 0) is 6.37 Å². The van der Waals surface area contributed by atoms with E-state index in [1.165, 1.54) is 5.56 Å². The second-order valence-corrected chi connectivity index (χ2v) is 11.9. The third-order valence-corrected chi connectivity index (χ3v) is 9.28. The lowest BCUT2D eigenvalue weighted by atomic mass is 9.83. The SMILES string of the molecule is [2H]C([2H])([2H])C([2H])([2H])c1nc2ccccc2n1-c1ccc(-c2c3ccccc3c(-c3ccccc3)c3cc(-c4ccccc4)ccc23)c2ccccc12. The van der Waals surface area contributed by atoms with Crippen LogP contribution in [0.4, 0.5) is 0 Å². The fraction of sp³-hybridized carbons (Fsp3) is 0.0444. The van der Waals surface area contributed by atoms with Crippen molar-refractivity contribution in [3.63, 3.8) is 0 Å². The molecular formula is C45H32N2. The van der Waals surface area contributed by atoms with Crippen LogP contribution in [0, 0.1) is 0 Å². The molecule has 0 spiro atoms. The van der Waals surface area contributed by atoms with Crippen molar-refractivity contribution in [2.24, 2.45) is 0 Å². The summed E-state index contributed by atoms with van der Waals surface area (Å²) in [4.78, 5) is 4.60. The van der Waals surface area contributed by atoms with Crippen molar-refractivity contribution in [3.8, 4) is 39.1 Å². The summed E-state index contributed by atoms with van der Waals surface area (Å²) in [6.07, 6.45) is -2.71. The van der Waals surface area contributed by atoms with Crippen LogP contribution in [0.3, 0.4) is 0 Å². The van der Waals surface area contributed by atoms with Gasteiger partial charge in [-0.05, 0) is 84.6 Å². The van der Waals surface area contributed by atoms with Crippen molar-refractivity contribution < 1.29 is 6.85 Å². The fourth-order valence-corrected chi connectivity index (χ4v) is 7.24. The summed E-state index contributed by atoms with van der Waals surface area (Å²) >= 11 is 0. The van der Waals surface area contributed by atoms with Crippen LogP contribution in [-0.4, -0.2) is 9.55 Å². The Balaban J connectivity index is 1.38. The Morgan fingerprint density at radius 1 is 0.511 bits per heavy atom. The molecule has 222 valence electrons. The summed E-state index contributed by atoms with van der Waals surface area (Å²) in [6.45, 7) is -2.93. The first-order valence-electron chi connectivity index (χ1n) is 18.3. The quantitative estimate of drug-likeness (QED) is 0.178. The van der Waals surface area contributed by atoms with Gasteiger partial charge in [0.1, 0.15) is 5.82 Å². The molecule has 9 rings (SSSR count). The molecule has 9 aromatic rings. The Labute approximate surface area is 281 Å². The highest BCUT2D eigenvalue weighted by molar-refractivity contribution is 6.24. The lowest BCUT2D eigenvalue weighted by Gasteiger charge is -2.21. The molecule has 0 fully saturated rings. The van der Waals surface area contributed by atoms with Gasteiger partial charge in [-0.25, -0.2) is 4.98 Å². The minimum atomic E-state index is -2.93. The predicted molar refractivity (Wildman–Crippen MR) is 199 cm³/mol. The van der Waals surface area contributed by atoms with Crippen LogP contribution in [0.2, 0.25) is 0 Å². The number of fused-ring (bicyclic) bond motifs is 4. The number of nitrogens with zero attached hydrogens (tertiary/aromatic N) is 2. The molecule has 0 amide bonds. The Morgan fingerprint density at radius 3 is 1.89 bits per heavy atom. The van der Waals surface area contributed by atoms with Gasteiger partial charge in [-0.1, -0.05) is 146 Å². The Kier molecular flexibility index (Phi) is 5.32. The molecule has 0 radical (unpaired) electrons. The number of aromatic nitrogens is 2. The highest BCUT2D eigenvalue weighted by Crippen LogP contribution is 2.47. The molecule has 1 heterocycles. The van der Waals surface area contributed by atoms with Crippen LogP contribution < -0.4 is 0 Å². The molecule has 0 saturated heterocycles. The highest BCUT2D eigenvalue weighted by Gasteiger charge is 2.21. The number of para-hydroxylation sites is 2. The average molecular weight is 606 g/mol. The monoisotopic (exact) mass is 605 g/mol. The van der Waals surface area contributed by atoms with E-state index in [1.54, 1.807) is 10.6 Å². The van der Waals surface area contributed by atoms with E-state index in [1.807, 2.05) is 54.6 Å². The molecule has 8 aromatic carbocycles. The van der Waals surface area contributed by atoms with Crippen molar-refractivity contribution >= 4 is 43.4 Å². The smallest absolute Gasteiger partial charge is 0.114 e. The van der Waals surface area contributed by atoms with E-state index in [4.69, 9.17) is 6.85 Å². The maximum Gasteiger partial charge on any atom is 0.114 e. The zero-order valence-corrected chi connectivity index (χ0v) is 25.5. The number of aryl methyl sites for hydroxylation is 1. The summed E-state index contributed by atoms with van der Waals surface area (Å²) < 4.78 is 43.7. The van der Waals surface area contributed by atoms with E-state index in [0.29, 0.717) is 16.7 Å². The second kappa shape index (κ2) is 11.1. The summed E-state index contributed by atoms with van der Waals surface area (Å²) in [6, 6.07) is 55.8. The third-order valence-electron chi connectivity index (χ3n) is 9.28. The van der Waals surface area contributed by atoms with Gasteiger partial charge in [0.2, 0.25) is 0 Å². The molecule has 0 unspecified atom stereocenters. The van der Waals surface area contributed by atoms with Crippen LogP contribution in [0.1, 0.15) is 19.5 Å². The first kappa shape index (κ1) is 22.5. The van der Waals surface area contributed by atoms with E-state index in [0.717, 1.165) is 60.1 Å². The average Bonchev–Trinajstić information content (AvgIpc) is 3.57. The minimum absolute atomic E-state index is 0.150. The molecule has 2 heteroatoms. The normalized spacial score (nSPS) is 13.7. The van der Waals surface area contributed by atoms with Gasteiger partial charge in [0.15, 0.2) is 0 Å². The first-order chi connectivity index (χ1) is 25.2. The maximum absolute atomic E-state index is 8.80. The van der Waals surface area contributed by atoms with Gasteiger partial charge < -0.3 is 0 Å². The largest absolute Gasteiger partial charge is 0.296 e.